The summed E-state index contributed by atoms with van der Waals surface area (Å²) >= 11 is 14.2. The van der Waals surface area contributed by atoms with Crippen LogP contribution in [0.5, 0.6) is 0 Å². The standard InChI is InChI=1S/C15H8Cl2INO2/c16-11-5-8(6-12(17)13(11)18)7-19-14(20)9-3-1-2-4-10(9)15(19)21/h1-6H,7H2. The van der Waals surface area contributed by atoms with Crippen molar-refractivity contribution in [2.45, 2.75) is 6.54 Å². The predicted molar refractivity (Wildman–Crippen MR) is 89.8 cm³/mol. The molecule has 0 fully saturated rings. The van der Waals surface area contributed by atoms with Gasteiger partial charge in [-0.2, -0.15) is 0 Å². The van der Waals surface area contributed by atoms with E-state index in [1.807, 2.05) is 22.6 Å². The third-order valence-corrected chi connectivity index (χ3v) is 5.66. The van der Waals surface area contributed by atoms with Gasteiger partial charge in [0.05, 0.1) is 31.3 Å². The summed E-state index contributed by atoms with van der Waals surface area (Å²) < 4.78 is 0.752. The number of benzene rings is 2. The Bertz CT molecular complexity index is 718. The van der Waals surface area contributed by atoms with Crippen LogP contribution in [0.3, 0.4) is 0 Å². The number of amides is 2. The van der Waals surface area contributed by atoms with E-state index in [2.05, 4.69) is 0 Å². The molecule has 3 nitrogen and oxygen atoms in total. The Morgan fingerprint density at radius 2 is 1.43 bits per heavy atom. The highest BCUT2D eigenvalue weighted by atomic mass is 127. The Balaban J connectivity index is 1.94. The zero-order valence-electron chi connectivity index (χ0n) is 10.6. The van der Waals surface area contributed by atoms with Gasteiger partial charge in [-0.3, -0.25) is 14.5 Å². The van der Waals surface area contributed by atoms with E-state index in [9.17, 15) is 9.59 Å². The van der Waals surface area contributed by atoms with E-state index in [-0.39, 0.29) is 18.4 Å². The first kappa shape index (κ1) is 14.8. The summed E-state index contributed by atoms with van der Waals surface area (Å²) in [7, 11) is 0. The number of hydrogen-bond donors (Lipinski definition) is 0. The van der Waals surface area contributed by atoms with Gasteiger partial charge in [0, 0.05) is 0 Å². The van der Waals surface area contributed by atoms with Gasteiger partial charge in [-0.15, -0.1) is 0 Å². The van der Waals surface area contributed by atoms with Gasteiger partial charge in [0.25, 0.3) is 11.8 Å². The third-order valence-electron chi connectivity index (χ3n) is 3.26. The van der Waals surface area contributed by atoms with Crippen LogP contribution in [0.25, 0.3) is 0 Å². The highest BCUT2D eigenvalue weighted by Gasteiger charge is 2.35. The van der Waals surface area contributed by atoms with Crippen molar-refractivity contribution >= 4 is 57.6 Å². The Labute approximate surface area is 145 Å². The molecule has 6 heteroatoms. The molecular formula is C15H8Cl2INO2. The van der Waals surface area contributed by atoms with Crippen molar-refractivity contribution < 1.29 is 9.59 Å². The molecule has 0 aliphatic carbocycles. The first-order valence-corrected chi connectivity index (χ1v) is 7.91. The SMILES string of the molecule is O=C1c2ccccc2C(=O)N1Cc1cc(Cl)c(I)c(Cl)c1. The van der Waals surface area contributed by atoms with Crippen LogP contribution in [0, 0.1) is 3.57 Å². The van der Waals surface area contributed by atoms with Crippen molar-refractivity contribution in [3.05, 3.63) is 66.7 Å². The number of nitrogens with zero attached hydrogens (tertiary/aromatic N) is 1. The first-order valence-electron chi connectivity index (χ1n) is 6.07. The highest BCUT2D eigenvalue weighted by molar-refractivity contribution is 14.1. The average molecular weight is 432 g/mol. The summed E-state index contributed by atoms with van der Waals surface area (Å²) in [6.45, 7) is 0.155. The minimum absolute atomic E-state index is 0.155. The lowest BCUT2D eigenvalue weighted by atomic mass is 10.1. The van der Waals surface area contributed by atoms with Gasteiger partial charge < -0.3 is 0 Å². The Morgan fingerprint density at radius 3 is 1.90 bits per heavy atom. The molecule has 1 heterocycles. The molecule has 2 aromatic carbocycles. The van der Waals surface area contributed by atoms with Crippen LogP contribution in [-0.2, 0) is 6.54 Å². The summed E-state index contributed by atoms with van der Waals surface area (Å²) in [6.07, 6.45) is 0. The first-order chi connectivity index (χ1) is 9.99. The number of hydrogen-bond acceptors (Lipinski definition) is 2. The van der Waals surface area contributed by atoms with Crippen molar-refractivity contribution in [2.75, 3.05) is 0 Å². The molecule has 106 valence electrons. The van der Waals surface area contributed by atoms with E-state index in [1.165, 1.54) is 4.90 Å². The summed E-state index contributed by atoms with van der Waals surface area (Å²) in [4.78, 5) is 25.8. The largest absolute Gasteiger partial charge is 0.270 e. The van der Waals surface area contributed by atoms with Crippen molar-refractivity contribution in [1.82, 2.24) is 4.90 Å². The van der Waals surface area contributed by atoms with Crippen molar-refractivity contribution in [3.63, 3.8) is 0 Å². The second-order valence-electron chi connectivity index (χ2n) is 4.62. The number of carbonyl (C=O) groups is 2. The zero-order valence-corrected chi connectivity index (χ0v) is 14.2. The highest BCUT2D eigenvalue weighted by Crippen LogP contribution is 2.30. The lowest BCUT2D eigenvalue weighted by Gasteiger charge is -2.14. The molecule has 0 radical (unpaired) electrons. The minimum Gasteiger partial charge on any atom is -0.270 e. The van der Waals surface area contributed by atoms with Gasteiger partial charge in [-0.05, 0) is 52.4 Å². The van der Waals surface area contributed by atoms with Gasteiger partial charge in [-0.1, -0.05) is 35.3 Å². The fourth-order valence-corrected chi connectivity index (χ4v) is 3.11. The average Bonchev–Trinajstić information content (AvgIpc) is 2.70. The summed E-state index contributed by atoms with van der Waals surface area (Å²) in [5.41, 5.74) is 1.59. The van der Waals surface area contributed by atoms with E-state index in [0.717, 1.165) is 9.13 Å². The van der Waals surface area contributed by atoms with Crippen LogP contribution in [0.2, 0.25) is 10.0 Å². The molecule has 21 heavy (non-hydrogen) atoms. The van der Waals surface area contributed by atoms with Crippen LogP contribution in [0.15, 0.2) is 36.4 Å². The lowest BCUT2D eigenvalue weighted by Crippen LogP contribution is -2.29. The monoisotopic (exact) mass is 431 g/mol. The van der Waals surface area contributed by atoms with Crippen LogP contribution >= 0.6 is 45.8 Å². The van der Waals surface area contributed by atoms with E-state index >= 15 is 0 Å². The lowest BCUT2D eigenvalue weighted by molar-refractivity contribution is 0.0642. The molecule has 0 saturated heterocycles. The Hall–Kier alpha value is -1.11. The molecule has 0 saturated carbocycles. The molecule has 0 N–H and O–H groups in total. The molecule has 0 spiro atoms. The minimum atomic E-state index is -0.290. The van der Waals surface area contributed by atoms with E-state index in [1.54, 1.807) is 36.4 Å². The summed E-state index contributed by atoms with van der Waals surface area (Å²) in [5, 5.41) is 1.02. The number of fused-ring (bicyclic) bond motifs is 1. The molecule has 2 aromatic rings. The Kier molecular flexibility index (Phi) is 3.94. The maximum Gasteiger partial charge on any atom is 0.261 e. The smallest absolute Gasteiger partial charge is 0.261 e. The Morgan fingerprint density at radius 1 is 0.952 bits per heavy atom. The number of carbonyl (C=O) groups excluding carboxylic acids is 2. The number of rotatable bonds is 2. The van der Waals surface area contributed by atoms with Gasteiger partial charge in [0.2, 0.25) is 0 Å². The molecule has 0 atom stereocenters. The molecule has 0 bridgehead atoms. The molecule has 2 amide bonds. The second kappa shape index (κ2) is 5.59. The van der Waals surface area contributed by atoms with Crippen molar-refractivity contribution in [1.29, 1.82) is 0 Å². The molecule has 1 aliphatic rings. The molecule has 1 aliphatic heterocycles. The fraction of sp³-hybridized carbons (Fsp3) is 0.0667. The summed E-state index contributed by atoms with van der Waals surface area (Å²) in [5.74, 6) is -0.581. The number of imide groups is 1. The third kappa shape index (κ3) is 2.56. The van der Waals surface area contributed by atoms with Crippen LogP contribution in [0.4, 0.5) is 0 Å². The summed E-state index contributed by atoms with van der Waals surface area (Å²) in [6, 6.07) is 10.2. The maximum atomic E-state index is 12.3. The predicted octanol–water partition coefficient (Wildman–Crippen LogP) is 4.39. The van der Waals surface area contributed by atoms with Crippen molar-refractivity contribution in [2.24, 2.45) is 0 Å². The van der Waals surface area contributed by atoms with Crippen molar-refractivity contribution in [3.8, 4) is 0 Å². The quantitative estimate of drug-likeness (QED) is 0.401. The van der Waals surface area contributed by atoms with E-state index in [0.29, 0.717) is 21.2 Å². The van der Waals surface area contributed by atoms with Gasteiger partial charge in [0.1, 0.15) is 0 Å². The van der Waals surface area contributed by atoms with Crippen LogP contribution < -0.4 is 0 Å². The fourth-order valence-electron chi connectivity index (χ4n) is 2.26. The van der Waals surface area contributed by atoms with Gasteiger partial charge in [0.15, 0.2) is 0 Å². The van der Waals surface area contributed by atoms with E-state index < -0.39 is 0 Å². The second-order valence-corrected chi connectivity index (χ2v) is 6.51. The molecule has 3 rings (SSSR count). The topological polar surface area (TPSA) is 37.4 Å². The van der Waals surface area contributed by atoms with E-state index in [4.69, 9.17) is 23.2 Å². The van der Waals surface area contributed by atoms with Gasteiger partial charge in [-0.25, -0.2) is 0 Å². The normalized spacial score (nSPS) is 13.8. The van der Waals surface area contributed by atoms with Gasteiger partial charge >= 0.3 is 0 Å². The maximum absolute atomic E-state index is 12.3. The molecular weight excluding hydrogens is 424 g/mol. The van der Waals surface area contributed by atoms with Crippen LogP contribution in [-0.4, -0.2) is 16.7 Å². The van der Waals surface area contributed by atoms with Crippen LogP contribution in [0.1, 0.15) is 26.3 Å². The molecule has 0 aromatic heterocycles. The number of halogens is 3. The molecule has 0 unspecified atom stereocenters. The zero-order chi connectivity index (χ0) is 15.1.